The molecule has 0 radical (unpaired) electrons. The Hall–Kier alpha value is -3.73. The third-order valence-corrected chi connectivity index (χ3v) is 6.08. The van der Waals surface area contributed by atoms with Crippen LogP contribution >= 0.6 is 0 Å². The van der Waals surface area contributed by atoms with E-state index in [0.29, 0.717) is 31.9 Å². The van der Waals surface area contributed by atoms with Crippen LogP contribution < -0.4 is 5.32 Å². The molecule has 1 unspecified atom stereocenters. The van der Waals surface area contributed by atoms with Gasteiger partial charge in [0, 0.05) is 52.9 Å². The molecule has 3 heterocycles. The van der Waals surface area contributed by atoms with Crippen LogP contribution in [0.4, 0.5) is 10.1 Å². The molecule has 1 N–H and O–H groups in total. The predicted molar refractivity (Wildman–Crippen MR) is 125 cm³/mol. The van der Waals surface area contributed by atoms with Gasteiger partial charge in [0.1, 0.15) is 17.3 Å². The molecule has 0 aliphatic carbocycles. The Morgan fingerprint density at radius 1 is 1.17 bits per heavy atom. The Kier molecular flexibility index (Phi) is 7.15. The number of carbonyl (C=O) groups excluding carboxylic acids is 3. The van der Waals surface area contributed by atoms with E-state index in [1.807, 2.05) is 0 Å². The van der Waals surface area contributed by atoms with Gasteiger partial charge in [0.15, 0.2) is 17.5 Å². The highest BCUT2D eigenvalue weighted by Gasteiger charge is 2.37. The maximum atomic E-state index is 13.5. The van der Waals surface area contributed by atoms with Crippen molar-refractivity contribution < 1.29 is 28.0 Å². The number of ether oxygens (including phenoxy) is 1. The molecule has 1 saturated heterocycles. The lowest BCUT2D eigenvalue weighted by Gasteiger charge is -2.29. The molecule has 1 fully saturated rings. The van der Waals surface area contributed by atoms with Gasteiger partial charge in [0.25, 0.3) is 17.6 Å². The zero-order valence-corrected chi connectivity index (χ0v) is 19.9. The average molecular weight is 486 g/mol. The zero-order valence-electron chi connectivity index (χ0n) is 19.9. The molecule has 2 aliphatic rings. The van der Waals surface area contributed by atoms with E-state index in [1.165, 1.54) is 39.4 Å². The number of methoxy groups -OCH3 is 1. The molecule has 10 nitrogen and oxygen atoms in total. The summed E-state index contributed by atoms with van der Waals surface area (Å²) >= 11 is 0. The van der Waals surface area contributed by atoms with Crippen molar-refractivity contribution in [2.75, 3.05) is 52.7 Å². The van der Waals surface area contributed by atoms with Crippen LogP contribution in [0.1, 0.15) is 28.2 Å². The molecule has 1 aromatic carbocycles. The van der Waals surface area contributed by atoms with E-state index < -0.39 is 17.7 Å². The first-order valence-corrected chi connectivity index (χ1v) is 11.3. The van der Waals surface area contributed by atoms with E-state index in [1.54, 1.807) is 17.0 Å². The van der Waals surface area contributed by atoms with Crippen molar-refractivity contribution in [3.63, 3.8) is 0 Å². The first-order valence-electron chi connectivity index (χ1n) is 11.3. The van der Waals surface area contributed by atoms with Crippen LogP contribution in [0.5, 0.6) is 0 Å². The quantitative estimate of drug-likeness (QED) is 0.486. The Bertz CT molecular complexity index is 1140. The lowest BCUT2D eigenvalue weighted by atomic mass is 10.1. The van der Waals surface area contributed by atoms with E-state index in [4.69, 9.17) is 9.26 Å². The van der Waals surface area contributed by atoms with E-state index in [2.05, 4.69) is 15.4 Å². The van der Waals surface area contributed by atoms with Gasteiger partial charge in [0.05, 0.1) is 7.11 Å². The number of nitrogens with one attached hydrogen (secondary N) is 1. The van der Waals surface area contributed by atoms with Gasteiger partial charge >= 0.3 is 0 Å². The molecule has 1 aromatic heterocycles. The van der Waals surface area contributed by atoms with Crippen LogP contribution in [0, 0.1) is 5.82 Å². The molecule has 2 aliphatic heterocycles. The highest BCUT2D eigenvalue weighted by Crippen LogP contribution is 2.32. The predicted octanol–water partition coefficient (Wildman–Crippen LogP) is 1.60. The molecule has 11 heteroatoms. The van der Waals surface area contributed by atoms with Crippen LogP contribution in [-0.4, -0.2) is 90.9 Å². The number of Topliss-reactive ketones (excluding diaryl/α,β-unsaturated/α-hetero) is 1. The number of ketones is 1. The van der Waals surface area contributed by atoms with Gasteiger partial charge in [-0.05, 0) is 24.1 Å². The van der Waals surface area contributed by atoms with Gasteiger partial charge in [-0.3, -0.25) is 19.3 Å². The molecule has 2 amide bonds. The van der Waals surface area contributed by atoms with Crippen LogP contribution in [0.2, 0.25) is 0 Å². The SMILES string of the molecule is COC1=Cc2onc(C(=O)C(=O)N(C)C)c2NC1C(=O)N1CCCN(Cc2ccc(F)cc2)CC1. The monoisotopic (exact) mass is 485 g/mol. The minimum absolute atomic E-state index is 0.177. The average Bonchev–Trinajstić information content (AvgIpc) is 3.13. The second-order valence-electron chi connectivity index (χ2n) is 8.71. The number of likely N-dealkylation sites (N-methyl/N-ethyl adjacent to an activating group) is 1. The molecule has 2 aromatic rings. The van der Waals surface area contributed by atoms with E-state index >= 15 is 0 Å². The Labute approximate surface area is 202 Å². The zero-order chi connectivity index (χ0) is 25.1. The summed E-state index contributed by atoms with van der Waals surface area (Å²) in [4.78, 5) is 43.4. The van der Waals surface area contributed by atoms with Gasteiger partial charge in [-0.25, -0.2) is 4.39 Å². The maximum Gasteiger partial charge on any atom is 0.296 e. The van der Waals surface area contributed by atoms with Gasteiger partial charge < -0.3 is 24.4 Å². The number of rotatable bonds is 6. The normalized spacial score (nSPS) is 18.1. The first-order chi connectivity index (χ1) is 16.8. The highest BCUT2D eigenvalue weighted by molar-refractivity contribution is 6.43. The van der Waals surface area contributed by atoms with Crippen LogP contribution in [0.25, 0.3) is 6.08 Å². The summed E-state index contributed by atoms with van der Waals surface area (Å²) in [6.45, 7) is 3.17. The van der Waals surface area contributed by atoms with Crippen LogP contribution in [0.15, 0.2) is 34.5 Å². The van der Waals surface area contributed by atoms with Crippen LogP contribution in [0.3, 0.4) is 0 Å². The molecule has 186 valence electrons. The molecule has 0 saturated carbocycles. The Morgan fingerprint density at radius 3 is 2.60 bits per heavy atom. The fraction of sp³-hybridized carbons (Fsp3) is 0.417. The lowest BCUT2D eigenvalue weighted by molar-refractivity contribution is -0.131. The van der Waals surface area contributed by atoms with Crippen molar-refractivity contribution in [1.82, 2.24) is 19.9 Å². The van der Waals surface area contributed by atoms with E-state index in [0.717, 1.165) is 23.4 Å². The van der Waals surface area contributed by atoms with Gasteiger partial charge in [-0.2, -0.15) is 0 Å². The van der Waals surface area contributed by atoms with E-state index in [9.17, 15) is 18.8 Å². The number of hydrogen-bond acceptors (Lipinski definition) is 8. The fourth-order valence-electron chi connectivity index (χ4n) is 4.17. The second kappa shape index (κ2) is 10.3. The summed E-state index contributed by atoms with van der Waals surface area (Å²) in [7, 11) is 4.38. The summed E-state index contributed by atoms with van der Waals surface area (Å²) in [5, 5.41) is 6.77. The summed E-state index contributed by atoms with van der Waals surface area (Å²) in [6, 6.07) is 5.53. The number of aromatic nitrogens is 1. The number of nitrogens with zero attached hydrogens (tertiary/aromatic N) is 4. The summed E-state index contributed by atoms with van der Waals surface area (Å²) < 4.78 is 23.9. The van der Waals surface area contributed by atoms with Gasteiger partial charge in [0.2, 0.25) is 0 Å². The number of benzene rings is 1. The first kappa shape index (κ1) is 24.4. The second-order valence-corrected chi connectivity index (χ2v) is 8.71. The summed E-state index contributed by atoms with van der Waals surface area (Å²) in [6.07, 6.45) is 2.28. The summed E-state index contributed by atoms with van der Waals surface area (Å²) in [5.41, 5.74) is 1.02. The third kappa shape index (κ3) is 5.19. The van der Waals surface area contributed by atoms with Crippen molar-refractivity contribution in [1.29, 1.82) is 0 Å². The number of anilines is 1. The highest BCUT2D eigenvalue weighted by atomic mass is 19.1. The Balaban J connectivity index is 1.47. The number of carbonyl (C=O) groups is 3. The van der Waals surface area contributed by atoms with Crippen molar-refractivity contribution in [3.8, 4) is 0 Å². The molecular weight excluding hydrogens is 457 g/mol. The molecule has 0 spiro atoms. The smallest absolute Gasteiger partial charge is 0.296 e. The third-order valence-electron chi connectivity index (χ3n) is 6.08. The molecule has 35 heavy (non-hydrogen) atoms. The fourth-order valence-corrected chi connectivity index (χ4v) is 4.17. The van der Waals surface area contributed by atoms with Crippen molar-refractivity contribution >= 4 is 29.4 Å². The van der Waals surface area contributed by atoms with Crippen molar-refractivity contribution in [2.24, 2.45) is 0 Å². The van der Waals surface area contributed by atoms with Gasteiger partial charge in [-0.1, -0.05) is 17.3 Å². The largest absolute Gasteiger partial charge is 0.498 e. The number of hydrogen-bond donors (Lipinski definition) is 1. The molecule has 4 rings (SSSR count). The van der Waals surface area contributed by atoms with Gasteiger partial charge in [-0.15, -0.1) is 0 Å². The number of fused-ring (bicyclic) bond motifs is 1. The van der Waals surface area contributed by atoms with Crippen LogP contribution in [-0.2, 0) is 20.9 Å². The standard InChI is InChI=1S/C24H28FN5O5/c1-28(2)24(33)22(31)21-19-18(35-27-21)13-17(34-3)20(26-19)23(32)30-10-4-9-29(11-12-30)14-15-5-7-16(25)8-6-15/h5-8,13,20,26H,4,9-12,14H2,1-3H3. The number of amides is 2. The van der Waals surface area contributed by atoms with Crippen molar-refractivity contribution in [2.45, 2.75) is 19.0 Å². The molecule has 0 bridgehead atoms. The number of halogens is 1. The minimum Gasteiger partial charge on any atom is -0.498 e. The maximum absolute atomic E-state index is 13.5. The van der Waals surface area contributed by atoms with Crippen molar-refractivity contribution in [3.05, 3.63) is 52.9 Å². The topological polar surface area (TPSA) is 108 Å². The lowest BCUT2D eigenvalue weighted by Crippen LogP contribution is -2.46. The summed E-state index contributed by atoms with van der Waals surface area (Å²) in [5.74, 6) is -1.53. The van der Waals surface area contributed by atoms with E-state index in [-0.39, 0.29) is 28.9 Å². The molecular formula is C24H28FN5O5. The Morgan fingerprint density at radius 2 is 1.91 bits per heavy atom. The minimum atomic E-state index is -0.892. The molecule has 1 atom stereocenters.